The molecule has 0 radical (unpaired) electrons. The summed E-state index contributed by atoms with van der Waals surface area (Å²) in [7, 11) is 1.56. The van der Waals surface area contributed by atoms with Crippen LogP contribution < -0.4 is 20.7 Å². The molecule has 290 valence electrons. The molecule has 1 aromatic heterocycles. The van der Waals surface area contributed by atoms with E-state index in [0.717, 1.165) is 16.0 Å². The molecule has 4 amide bonds. The molecule has 1 aliphatic heterocycles. The Morgan fingerprint density at radius 3 is 2.28 bits per heavy atom. The second-order valence-corrected chi connectivity index (χ2v) is 16.3. The van der Waals surface area contributed by atoms with Crippen molar-refractivity contribution in [3.05, 3.63) is 148 Å². The van der Waals surface area contributed by atoms with Gasteiger partial charge in [0, 0.05) is 27.6 Å². The highest BCUT2D eigenvalue weighted by molar-refractivity contribution is 8.00. The number of nitrogens with one attached hydrogen (secondary N) is 3. The third-order valence-corrected chi connectivity index (χ3v) is 11.1. The highest BCUT2D eigenvalue weighted by atomic mass is 32.2. The number of rotatable bonds is 11. The molecule has 1 atom stereocenters. The van der Waals surface area contributed by atoms with Crippen molar-refractivity contribution >= 4 is 63.7 Å². The largest absolute Gasteiger partial charge is 0.497 e. The molecule has 3 N–H and O–H groups in total. The van der Waals surface area contributed by atoms with Crippen LogP contribution in [0.5, 0.6) is 5.75 Å². The van der Waals surface area contributed by atoms with Gasteiger partial charge in [-0.3, -0.25) is 14.4 Å². The lowest BCUT2D eigenvalue weighted by molar-refractivity contribution is -0.116. The Hall–Kier alpha value is -6.36. The van der Waals surface area contributed by atoms with Crippen molar-refractivity contribution in [2.45, 2.75) is 49.5 Å². The monoisotopic (exact) mass is 799 g/mol. The third kappa shape index (κ3) is 10.5. The predicted octanol–water partition coefficient (Wildman–Crippen LogP) is 8.80. The van der Waals surface area contributed by atoms with Crippen LogP contribution in [0.25, 0.3) is 6.08 Å². The molecule has 1 aliphatic rings. The number of carbonyl (C=O) groups excluding carboxylic acids is 4. The maximum Gasteiger partial charge on any atom is 0.410 e. The topological polar surface area (TPSA) is 150 Å². The van der Waals surface area contributed by atoms with Gasteiger partial charge in [0.25, 0.3) is 11.8 Å². The zero-order chi connectivity index (χ0) is 40.5. The standard InChI is InChI=1S/C44H41N5O6S2/c1-44(2,3)55-43(53)49-23-22-34-35(26-45)42(57-37(34)27-49)48-41(52)38(29-12-7-5-8-13-29)56-33-17-11-16-31(25-33)46-40(51)36(24-28-18-20-32(54-4)21-19-28)47-39(50)30-14-9-6-10-15-30/h5-21,24-25,38H,22-23,27H2,1-4H3,(H,46,51)(H,47,50)(H,48,52)/b36-24+. The van der Waals surface area contributed by atoms with Gasteiger partial charge < -0.3 is 30.3 Å². The number of methoxy groups -OCH3 is 1. The summed E-state index contributed by atoms with van der Waals surface area (Å²) in [5.74, 6) is -0.688. The zero-order valence-corrected chi connectivity index (χ0v) is 33.5. The lowest BCUT2D eigenvalue weighted by atomic mass is 10.0. The van der Waals surface area contributed by atoms with Crippen molar-refractivity contribution < 1.29 is 28.7 Å². The van der Waals surface area contributed by atoms with E-state index in [2.05, 4.69) is 22.0 Å². The number of benzene rings is 4. The first-order valence-electron chi connectivity index (χ1n) is 18.1. The highest BCUT2D eigenvalue weighted by Gasteiger charge is 2.31. The highest BCUT2D eigenvalue weighted by Crippen LogP contribution is 2.41. The molecule has 4 aromatic carbocycles. The normalized spacial score (nSPS) is 13.0. The smallest absolute Gasteiger partial charge is 0.410 e. The summed E-state index contributed by atoms with van der Waals surface area (Å²) in [6.07, 6.45) is 1.62. The Kier molecular flexibility index (Phi) is 12.8. The molecule has 6 rings (SSSR count). The molecule has 0 aliphatic carbocycles. The number of anilines is 2. The van der Waals surface area contributed by atoms with E-state index in [4.69, 9.17) is 9.47 Å². The number of ether oxygens (including phenoxy) is 2. The summed E-state index contributed by atoms with van der Waals surface area (Å²) in [6, 6.07) is 34.3. The molecule has 0 saturated heterocycles. The molecule has 0 saturated carbocycles. The van der Waals surface area contributed by atoms with E-state index in [-0.39, 0.29) is 18.1 Å². The van der Waals surface area contributed by atoms with Crippen LogP contribution in [0.2, 0.25) is 0 Å². The fourth-order valence-electron chi connectivity index (χ4n) is 5.96. The van der Waals surface area contributed by atoms with Crippen LogP contribution in [0.3, 0.4) is 0 Å². The fourth-order valence-corrected chi connectivity index (χ4v) is 8.26. The van der Waals surface area contributed by atoms with Crippen LogP contribution in [0.15, 0.2) is 120 Å². The number of thiophene rings is 1. The number of hydrogen-bond donors (Lipinski definition) is 3. The molecule has 5 aromatic rings. The van der Waals surface area contributed by atoms with Gasteiger partial charge in [0.05, 0.1) is 19.2 Å². The Bertz CT molecular complexity index is 2330. The number of thioether (sulfide) groups is 1. The lowest BCUT2D eigenvalue weighted by Crippen LogP contribution is -2.39. The van der Waals surface area contributed by atoms with Crippen molar-refractivity contribution in [2.24, 2.45) is 0 Å². The first-order valence-corrected chi connectivity index (χ1v) is 19.8. The molecule has 1 unspecified atom stereocenters. The minimum atomic E-state index is -0.739. The van der Waals surface area contributed by atoms with Crippen molar-refractivity contribution in [3.63, 3.8) is 0 Å². The molecular weight excluding hydrogens is 759 g/mol. The molecule has 11 nitrogen and oxygen atoms in total. The third-order valence-electron chi connectivity index (χ3n) is 8.70. The van der Waals surface area contributed by atoms with E-state index in [1.807, 2.05) is 57.2 Å². The quantitative estimate of drug-likeness (QED) is 0.0887. The lowest BCUT2D eigenvalue weighted by Gasteiger charge is -2.29. The van der Waals surface area contributed by atoms with Gasteiger partial charge in [-0.05, 0) is 92.4 Å². The number of nitrogens with zero attached hydrogens (tertiary/aromatic N) is 2. The van der Waals surface area contributed by atoms with Crippen LogP contribution in [0, 0.1) is 11.3 Å². The summed E-state index contributed by atoms with van der Waals surface area (Å²) < 4.78 is 10.8. The Labute approximate surface area is 339 Å². The van der Waals surface area contributed by atoms with Crippen LogP contribution in [-0.2, 0) is 27.3 Å². The summed E-state index contributed by atoms with van der Waals surface area (Å²) in [5, 5.41) is 18.5. The molecule has 0 spiro atoms. The van der Waals surface area contributed by atoms with E-state index in [9.17, 15) is 24.4 Å². The van der Waals surface area contributed by atoms with Gasteiger partial charge in [-0.15, -0.1) is 23.1 Å². The van der Waals surface area contributed by atoms with Crippen molar-refractivity contribution in [1.82, 2.24) is 10.2 Å². The number of fused-ring (bicyclic) bond motifs is 1. The van der Waals surface area contributed by atoms with Crippen LogP contribution in [-0.4, -0.2) is 48.0 Å². The van der Waals surface area contributed by atoms with Gasteiger partial charge in [0.1, 0.15) is 33.4 Å². The minimum absolute atomic E-state index is 0.0229. The predicted molar refractivity (Wildman–Crippen MR) is 223 cm³/mol. The van der Waals surface area contributed by atoms with E-state index in [0.29, 0.717) is 51.0 Å². The van der Waals surface area contributed by atoms with Crippen LogP contribution in [0.1, 0.15) is 63.5 Å². The first-order chi connectivity index (χ1) is 27.4. The molecule has 0 fully saturated rings. The maximum atomic E-state index is 14.2. The number of hydrogen-bond acceptors (Lipinski definition) is 9. The maximum absolute atomic E-state index is 14.2. The molecular formula is C44H41N5O6S2. The SMILES string of the molecule is COc1ccc(/C=C(/NC(=O)c2ccccc2)C(=O)Nc2cccc(SC(C(=O)Nc3sc4c(c3C#N)CCN(C(=O)OC(C)(C)C)C4)c3ccccc3)c2)cc1. The molecule has 13 heteroatoms. The fraction of sp³-hybridized carbons (Fsp3) is 0.205. The van der Waals surface area contributed by atoms with Gasteiger partial charge in [-0.2, -0.15) is 5.26 Å². The second kappa shape index (κ2) is 18.1. The molecule has 2 heterocycles. The molecule has 0 bridgehead atoms. The van der Waals surface area contributed by atoms with E-state index < -0.39 is 28.8 Å². The number of nitriles is 1. The Morgan fingerprint density at radius 2 is 1.61 bits per heavy atom. The number of amides is 4. The second-order valence-electron chi connectivity index (χ2n) is 14.0. The van der Waals surface area contributed by atoms with E-state index in [1.165, 1.54) is 23.1 Å². The van der Waals surface area contributed by atoms with Crippen LogP contribution in [0.4, 0.5) is 15.5 Å². The van der Waals surface area contributed by atoms with Crippen molar-refractivity contribution in [1.29, 1.82) is 5.26 Å². The first kappa shape index (κ1) is 40.3. The van der Waals surface area contributed by atoms with Crippen molar-refractivity contribution in [2.75, 3.05) is 24.3 Å². The summed E-state index contributed by atoms with van der Waals surface area (Å²) in [6.45, 7) is 6.12. The summed E-state index contributed by atoms with van der Waals surface area (Å²) in [4.78, 5) is 57.1. The Morgan fingerprint density at radius 1 is 0.912 bits per heavy atom. The van der Waals surface area contributed by atoms with Gasteiger partial charge in [-0.25, -0.2) is 4.79 Å². The van der Waals surface area contributed by atoms with Crippen molar-refractivity contribution in [3.8, 4) is 11.8 Å². The average molecular weight is 800 g/mol. The minimum Gasteiger partial charge on any atom is -0.497 e. The van der Waals surface area contributed by atoms with E-state index in [1.54, 1.807) is 90.9 Å². The van der Waals surface area contributed by atoms with Crippen LogP contribution >= 0.6 is 23.1 Å². The van der Waals surface area contributed by atoms with E-state index >= 15 is 0 Å². The Balaban J connectivity index is 1.22. The van der Waals surface area contributed by atoms with Gasteiger partial charge >= 0.3 is 6.09 Å². The summed E-state index contributed by atoms with van der Waals surface area (Å²) in [5.41, 5.74) is 2.84. The molecule has 57 heavy (non-hydrogen) atoms. The summed E-state index contributed by atoms with van der Waals surface area (Å²) >= 11 is 2.57. The zero-order valence-electron chi connectivity index (χ0n) is 31.8. The van der Waals surface area contributed by atoms with Gasteiger partial charge in [0.2, 0.25) is 5.91 Å². The number of carbonyl (C=O) groups is 4. The average Bonchev–Trinajstić information content (AvgIpc) is 3.56. The van der Waals surface area contributed by atoms with Gasteiger partial charge in [-0.1, -0.05) is 66.7 Å². The van der Waals surface area contributed by atoms with Gasteiger partial charge in [0.15, 0.2) is 0 Å².